The molecular weight excluding hydrogens is 416 g/mol. The first-order valence-corrected chi connectivity index (χ1v) is 8.77. The third kappa shape index (κ3) is 3.06. The van der Waals surface area contributed by atoms with Crippen LogP contribution in [0.4, 0.5) is 0 Å². The molecule has 20 heavy (non-hydrogen) atoms. The fourth-order valence-electron chi connectivity index (χ4n) is 1.99. The van der Waals surface area contributed by atoms with Crippen LogP contribution in [0.5, 0.6) is 0 Å². The molecule has 2 rings (SSSR count). The van der Waals surface area contributed by atoms with Gasteiger partial charge in [-0.05, 0) is 34.1 Å². The molecule has 0 aliphatic carbocycles. The summed E-state index contributed by atoms with van der Waals surface area (Å²) in [6.45, 7) is 0.646. The summed E-state index contributed by atoms with van der Waals surface area (Å²) >= 11 is 6.42. The fourth-order valence-corrected chi connectivity index (χ4v) is 5.03. The molecular formula is C11H12Br2N2O4S. The zero-order valence-electron chi connectivity index (χ0n) is 10.2. The monoisotopic (exact) mass is 426 g/mol. The molecule has 1 aromatic carbocycles. The molecule has 1 fully saturated rings. The summed E-state index contributed by atoms with van der Waals surface area (Å²) in [4.78, 5) is 11.3. The lowest BCUT2D eigenvalue weighted by Crippen LogP contribution is -2.56. The lowest BCUT2D eigenvalue weighted by atomic mass is 10.2. The molecule has 0 radical (unpaired) electrons. The van der Waals surface area contributed by atoms with Crippen molar-refractivity contribution in [3.05, 3.63) is 27.1 Å². The molecule has 6 nitrogen and oxygen atoms in total. The summed E-state index contributed by atoms with van der Waals surface area (Å²) in [5.74, 6) is -1.16. The Hall–Kier alpha value is -0.480. The smallest absolute Gasteiger partial charge is 0.323 e. The van der Waals surface area contributed by atoms with Gasteiger partial charge in [0.2, 0.25) is 10.0 Å². The highest BCUT2D eigenvalue weighted by molar-refractivity contribution is 9.11. The maximum atomic E-state index is 12.7. The topological polar surface area (TPSA) is 86.7 Å². The normalized spacial score (nSPS) is 20.8. The molecule has 1 atom stereocenters. The van der Waals surface area contributed by atoms with Gasteiger partial charge in [-0.3, -0.25) is 4.79 Å². The summed E-state index contributed by atoms with van der Waals surface area (Å²) in [6.07, 6.45) is 0. The number of carboxylic acid groups (broad SMARTS) is 1. The van der Waals surface area contributed by atoms with E-state index in [0.29, 0.717) is 15.5 Å². The predicted octanol–water partition coefficient (Wildman–Crippen LogP) is 1.26. The van der Waals surface area contributed by atoms with Crippen molar-refractivity contribution >= 4 is 47.9 Å². The van der Waals surface area contributed by atoms with E-state index in [1.54, 1.807) is 12.1 Å². The lowest BCUT2D eigenvalue weighted by Gasteiger charge is -2.32. The lowest BCUT2D eigenvalue weighted by molar-refractivity contribution is -0.141. The summed E-state index contributed by atoms with van der Waals surface area (Å²) < 4.78 is 27.4. The van der Waals surface area contributed by atoms with Crippen molar-refractivity contribution in [2.75, 3.05) is 19.6 Å². The minimum Gasteiger partial charge on any atom is -0.480 e. The number of hydrogen-bond acceptors (Lipinski definition) is 4. The second kappa shape index (κ2) is 6.10. The Labute approximate surface area is 133 Å². The number of hydrogen-bond donors (Lipinski definition) is 2. The van der Waals surface area contributed by atoms with E-state index in [1.807, 2.05) is 0 Å². The first-order chi connectivity index (χ1) is 9.34. The first kappa shape index (κ1) is 15.9. The van der Waals surface area contributed by atoms with E-state index in [4.69, 9.17) is 0 Å². The van der Waals surface area contributed by atoms with Gasteiger partial charge in [-0.2, -0.15) is 4.31 Å². The Kier molecular flexibility index (Phi) is 4.85. The van der Waals surface area contributed by atoms with E-state index in [1.165, 1.54) is 6.07 Å². The number of nitrogens with zero attached hydrogens (tertiary/aromatic N) is 1. The minimum atomic E-state index is -3.87. The molecule has 1 heterocycles. The molecule has 1 aliphatic heterocycles. The van der Waals surface area contributed by atoms with E-state index in [0.717, 1.165) is 4.31 Å². The van der Waals surface area contributed by atoms with Crippen LogP contribution < -0.4 is 5.32 Å². The Morgan fingerprint density at radius 1 is 1.40 bits per heavy atom. The number of carbonyl (C=O) groups is 1. The number of piperazine rings is 1. The second-order valence-electron chi connectivity index (χ2n) is 4.25. The van der Waals surface area contributed by atoms with Crippen LogP contribution in [0.25, 0.3) is 0 Å². The Balaban J connectivity index is 2.47. The average molecular weight is 428 g/mol. The van der Waals surface area contributed by atoms with Gasteiger partial charge in [0.05, 0.1) is 4.90 Å². The van der Waals surface area contributed by atoms with Gasteiger partial charge in [0.15, 0.2) is 0 Å². The number of rotatable bonds is 3. The van der Waals surface area contributed by atoms with Gasteiger partial charge < -0.3 is 10.4 Å². The van der Waals surface area contributed by atoms with E-state index in [-0.39, 0.29) is 18.0 Å². The van der Waals surface area contributed by atoms with Gasteiger partial charge in [-0.25, -0.2) is 8.42 Å². The molecule has 1 aliphatic rings. The van der Waals surface area contributed by atoms with Gasteiger partial charge in [-0.1, -0.05) is 15.9 Å². The largest absolute Gasteiger partial charge is 0.480 e. The number of benzene rings is 1. The third-order valence-electron chi connectivity index (χ3n) is 2.96. The standard InChI is InChI=1S/C11H12Br2N2O4S/c12-7-1-2-8(13)10(5-7)20(18,19)15-4-3-14-6-9(15)11(16)17/h1-2,5,9,14H,3-4,6H2,(H,16,17). The van der Waals surface area contributed by atoms with Crippen LogP contribution in [-0.2, 0) is 14.8 Å². The van der Waals surface area contributed by atoms with Crippen molar-refractivity contribution in [3.8, 4) is 0 Å². The van der Waals surface area contributed by atoms with Crippen molar-refractivity contribution in [3.63, 3.8) is 0 Å². The Bertz CT molecular complexity index is 635. The third-order valence-corrected chi connectivity index (χ3v) is 6.35. The van der Waals surface area contributed by atoms with E-state index < -0.39 is 22.0 Å². The Morgan fingerprint density at radius 2 is 2.10 bits per heavy atom. The molecule has 2 N–H and O–H groups in total. The van der Waals surface area contributed by atoms with Crippen LogP contribution in [0.1, 0.15) is 0 Å². The van der Waals surface area contributed by atoms with E-state index >= 15 is 0 Å². The van der Waals surface area contributed by atoms with Gasteiger partial charge in [0.1, 0.15) is 6.04 Å². The molecule has 0 amide bonds. The Morgan fingerprint density at radius 3 is 2.75 bits per heavy atom. The molecule has 0 aromatic heterocycles. The van der Waals surface area contributed by atoms with Crippen LogP contribution in [0.3, 0.4) is 0 Å². The van der Waals surface area contributed by atoms with Crippen molar-refractivity contribution in [1.82, 2.24) is 9.62 Å². The number of carboxylic acids is 1. The van der Waals surface area contributed by atoms with Crippen LogP contribution in [0.15, 0.2) is 32.0 Å². The van der Waals surface area contributed by atoms with E-state index in [2.05, 4.69) is 37.2 Å². The SMILES string of the molecule is O=C(O)C1CNCCN1S(=O)(=O)c1cc(Br)ccc1Br. The van der Waals surface area contributed by atoms with Crippen LogP contribution in [0, 0.1) is 0 Å². The molecule has 0 saturated carbocycles. The zero-order valence-corrected chi connectivity index (χ0v) is 14.2. The molecule has 1 unspecified atom stereocenters. The minimum absolute atomic E-state index is 0.0556. The number of sulfonamides is 1. The summed E-state index contributed by atoms with van der Waals surface area (Å²) in [5, 5.41) is 12.1. The molecule has 0 bridgehead atoms. The quantitative estimate of drug-likeness (QED) is 0.758. The number of aliphatic carboxylic acids is 1. The first-order valence-electron chi connectivity index (χ1n) is 5.74. The highest BCUT2D eigenvalue weighted by Gasteiger charge is 2.38. The maximum Gasteiger partial charge on any atom is 0.323 e. The second-order valence-corrected chi connectivity index (χ2v) is 7.88. The highest BCUT2D eigenvalue weighted by atomic mass is 79.9. The van der Waals surface area contributed by atoms with Crippen molar-refractivity contribution in [2.45, 2.75) is 10.9 Å². The molecule has 1 aromatic rings. The van der Waals surface area contributed by atoms with E-state index in [9.17, 15) is 18.3 Å². The summed E-state index contributed by atoms with van der Waals surface area (Å²) in [7, 11) is -3.87. The molecule has 110 valence electrons. The van der Waals surface area contributed by atoms with Crippen molar-refractivity contribution in [2.24, 2.45) is 0 Å². The zero-order chi connectivity index (χ0) is 14.9. The summed E-state index contributed by atoms with van der Waals surface area (Å²) in [5.41, 5.74) is 0. The number of halogens is 2. The predicted molar refractivity (Wildman–Crippen MR) is 80.0 cm³/mol. The van der Waals surface area contributed by atoms with Gasteiger partial charge in [-0.15, -0.1) is 0 Å². The highest BCUT2D eigenvalue weighted by Crippen LogP contribution is 2.29. The fraction of sp³-hybridized carbons (Fsp3) is 0.364. The maximum absolute atomic E-state index is 12.7. The molecule has 1 saturated heterocycles. The molecule has 9 heteroatoms. The van der Waals surface area contributed by atoms with Gasteiger partial charge >= 0.3 is 5.97 Å². The van der Waals surface area contributed by atoms with Crippen LogP contribution >= 0.6 is 31.9 Å². The van der Waals surface area contributed by atoms with Crippen LogP contribution in [-0.4, -0.2) is 49.5 Å². The average Bonchev–Trinajstić information content (AvgIpc) is 2.41. The van der Waals surface area contributed by atoms with Crippen molar-refractivity contribution in [1.29, 1.82) is 0 Å². The molecule has 0 spiro atoms. The van der Waals surface area contributed by atoms with Gasteiger partial charge in [0, 0.05) is 28.6 Å². The summed E-state index contributed by atoms with van der Waals surface area (Å²) in [6, 6.07) is 3.67. The number of nitrogens with one attached hydrogen (secondary N) is 1. The van der Waals surface area contributed by atoms with Gasteiger partial charge in [0.25, 0.3) is 0 Å². The van der Waals surface area contributed by atoms with Crippen molar-refractivity contribution < 1.29 is 18.3 Å². The van der Waals surface area contributed by atoms with Crippen LogP contribution in [0.2, 0.25) is 0 Å².